The van der Waals surface area contributed by atoms with Crippen LogP contribution in [0.25, 0.3) is 0 Å². The highest BCUT2D eigenvalue weighted by Crippen LogP contribution is 2.20. The molecule has 0 aliphatic heterocycles. The van der Waals surface area contributed by atoms with Crippen molar-refractivity contribution in [2.75, 3.05) is 34.4 Å². The van der Waals surface area contributed by atoms with Crippen molar-refractivity contribution in [2.45, 2.75) is 116 Å². The minimum absolute atomic E-state index is 0.0694. The molecular weight excluding hydrogens is 392 g/mol. The lowest BCUT2D eigenvalue weighted by Gasteiger charge is -2.27. The van der Waals surface area contributed by atoms with Crippen molar-refractivity contribution >= 4 is 0 Å². The minimum atomic E-state index is -0.361. The number of aliphatic hydroxyl groups is 1. The Balaban J connectivity index is 4.42. The molecule has 5 heteroatoms. The Morgan fingerprint density at radius 3 is 2.00 bits per heavy atom. The quantitative estimate of drug-likeness (QED) is 0.103. The van der Waals surface area contributed by atoms with E-state index in [9.17, 15) is 5.11 Å². The number of allylic oxidation sites excluding steroid dienone is 1. The van der Waals surface area contributed by atoms with E-state index in [-0.39, 0.29) is 31.7 Å². The summed E-state index contributed by atoms with van der Waals surface area (Å²) in [4.78, 5) is 0. The maximum Gasteiger partial charge on any atom is 0.146 e. The third kappa shape index (κ3) is 19.9. The van der Waals surface area contributed by atoms with Crippen LogP contribution in [0.3, 0.4) is 0 Å². The number of hydrogen-bond donors (Lipinski definition) is 1. The van der Waals surface area contributed by atoms with E-state index in [0.29, 0.717) is 13.0 Å². The van der Waals surface area contributed by atoms with Crippen molar-refractivity contribution in [1.29, 1.82) is 0 Å². The summed E-state index contributed by atoms with van der Waals surface area (Å²) in [5.41, 5.74) is 0. The van der Waals surface area contributed by atoms with Gasteiger partial charge in [0.2, 0.25) is 0 Å². The molecule has 1 N–H and O–H groups in total. The van der Waals surface area contributed by atoms with Gasteiger partial charge in [0.1, 0.15) is 13.6 Å². The first kappa shape index (κ1) is 30.5. The first-order valence-electron chi connectivity index (χ1n) is 12.7. The number of rotatable bonds is 24. The highest BCUT2D eigenvalue weighted by atomic mass is 16.7. The van der Waals surface area contributed by atoms with Crippen LogP contribution in [0, 0.1) is 5.92 Å². The van der Waals surface area contributed by atoms with Crippen molar-refractivity contribution in [1.82, 2.24) is 0 Å². The fourth-order valence-electron chi connectivity index (χ4n) is 3.75. The third-order valence-electron chi connectivity index (χ3n) is 5.64. The molecule has 5 nitrogen and oxygen atoms in total. The lowest BCUT2D eigenvalue weighted by molar-refractivity contribution is -0.117. The fraction of sp³-hybridized carbons (Fsp3) is 0.923. The van der Waals surface area contributed by atoms with E-state index in [1.165, 1.54) is 64.2 Å². The molecule has 0 heterocycles. The molecule has 186 valence electrons. The third-order valence-corrected chi connectivity index (χ3v) is 5.64. The number of unbranched alkanes of at least 4 members (excludes halogenated alkanes) is 10. The number of aliphatic hydroxyl groups excluding tert-OH is 1. The second-order valence-corrected chi connectivity index (χ2v) is 8.63. The van der Waals surface area contributed by atoms with Crippen LogP contribution in [0.4, 0.5) is 0 Å². The molecule has 0 radical (unpaired) electrons. The van der Waals surface area contributed by atoms with Gasteiger partial charge in [-0.05, 0) is 12.8 Å². The zero-order chi connectivity index (χ0) is 23.0. The number of ether oxygens (including phenoxy) is 4. The van der Waals surface area contributed by atoms with Crippen molar-refractivity contribution in [2.24, 2.45) is 5.92 Å². The molecule has 0 aliphatic carbocycles. The van der Waals surface area contributed by atoms with Crippen LogP contribution in [0.2, 0.25) is 0 Å². The van der Waals surface area contributed by atoms with E-state index in [1.54, 1.807) is 14.2 Å². The number of methoxy groups -OCH3 is 2. The van der Waals surface area contributed by atoms with E-state index >= 15 is 0 Å². The summed E-state index contributed by atoms with van der Waals surface area (Å²) in [5, 5.41) is 10.6. The maximum absolute atomic E-state index is 10.6. The van der Waals surface area contributed by atoms with Gasteiger partial charge in [-0.2, -0.15) is 0 Å². The topological polar surface area (TPSA) is 57.2 Å². The molecule has 3 atom stereocenters. The van der Waals surface area contributed by atoms with Gasteiger partial charge in [0.15, 0.2) is 0 Å². The molecule has 0 rings (SSSR count). The monoisotopic (exact) mass is 444 g/mol. The molecule has 0 aromatic heterocycles. The zero-order valence-electron chi connectivity index (χ0n) is 21.0. The smallest absolute Gasteiger partial charge is 0.146 e. The number of hydrogen-bond acceptors (Lipinski definition) is 5. The van der Waals surface area contributed by atoms with Crippen LogP contribution in [0.1, 0.15) is 104 Å². The van der Waals surface area contributed by atoms with Gasteiger partial charge in [0.25, 0.3) is 0 Å². The fourth-order valence-corrected chi connectivity index (χ4v) is 3.75. The Hall–Kier alpha value is -0.460. The standard InChI is InChI=1S/C26H52O5/c1-5-7-9-11-12-13-14-15-17-19-25(27)20-26(31-23-29-4)24(21-30-22-28-3)18-16-10-8-6-2/h16,18,24-27H,5-15,17,19-23H2,1-4H3/b18-16+/t24-,25-,26+/m1/s1. The Bertz CT molecular complexity index is 375. The van der Waals surface area contributed by atoms with Crippen LogP contribution in [-0.2, 0) is 18.9 Å². The molecule has 0 bridgehead atoms. The van der Waals surface area contributed by atoms with Gasteiger partial charge < -0.3 is 24.1 Å². The predicted molar refractivity (Wildman–Crippen MR) is 129 cm³/mol. The molecule has 0 saturated heterocycles. The predicted octanol–water partition coefficient (Wildman–Crippen LogP) is 6.63. The molecule has 0 aromatic rings. The van der Waals surface area contributed by atoms with E-state index in [2.05, 4.69) is 26.0 Å². The van der Waals surface area contributed by atoms with Crippen LogP contribution >= 0.6 is 0 Å². The van der Waals surface area contributed by atoms with Gasteiger partial charge in [-0.1, -0.05) is 96.6 Å². The lowest BCUT2D eigenvalue weighted by Crippen LogP contribution is -2.31. The maximum atomic E-state index is 10.6. The molecule has 0 saturated carbocycles. The van der Waals surface area contributed by atoms with Crippen molar-refractivity contribution in [3.8, 4) is 0 Å². The van der Waals surface area contributed by atoms with Crippen molar-refractivity contribution in [3.05, 3.63) is 12.2 Å². The zero-order valence-corrected chi connectivity index (χ0v) is 21.0. The summed E-state index contributed by atoms with van der Waals surface area (Å²) in [6.07, 6.45) is 20.3. The summed E-state index contributed by atoms with van der Waals surface area (Å²) in [6, 6.07) is 0. The first-order valence-corrected chi connectivity index (χ1v) is 12.7. The van der Waals surface area contributed by atoms with Crippen LogP contribution in [-0.4, -0.2) is 51.7 Å². The van der Waals surface area contributed by atoms with E-state index < -0.39 is 0 Å². The van der Waals surface area contributed by atoms with Gasteiger partial charge in [0, 0.05) is 26.6 Å². The van der Waals surface area contributed by atoms with Crippen LogP contribution < -0.4 is 0 Å². The molecular formula is C26H52O5. The van der Waals surface area contributed by atoms with Gasteiger partial charge in [0.05, 0.1) is 18.8 Å². The Kier molecular flexibility index (Phi) is 23.8. The SMILES string of the molecule is CCCC/C=C/[C@H](COCOC)[C@H](C[C@H](O)CCCCCCCCCCC)OCOC. The average molecular weight is 445 g/mol. The van der Waals surface area contributed by atoms with Crippen molar-refractivity contribution in [3.63, 3.8) is 0 Å². The summed E-state index contributed by atoms with van der Waals surface area (Å²) in [6.45, 7) is 5.44. The van der Waals surface area contributed by atoms with Crippen LogP contribution in [0.5, 0.6) is 0 Å². The molecule has 0 fully saturated rings. The van der Waals surface area contributed by atoms with Gasteiger partial charge >= 0.3 is 0 Å². The molecule has 0 spiro atoms. The van der Waals surface area contributed by atoms with E-state index in [1.807, 2.05) is 0 Å². The Morgan fingerprint density at radius 1 is 0.774 bits per heavy atom. The highest BCUT2D eigenvalue weighted by Gasteiger charge is 2.23. The highest BCUT2D eigenvalue weighted by molar-refractivity contribution is 4.93. The van der Waals surface area contributed by atoms with Gasteiger partial charge in [-0.3, -0.25) is 0 Å². The normalized spacial score (nSPS) is 14.9. The average Bonchev–Trinajstić information content (AvgIpc) is 2.77. The molecule has 0 amide bonds. The van der Waals surface area contributed by atoms with E-state index in [4.69, 9.17) is 18.9 Å². The minimum Gasteiger partial charge on any atom is -0.393 e. The second kappa shape index (κ2) is 24.2. The Morgan fingerprint density at radius 2 is 1.39 bits per heavy atom. The lowest BCUT2D eigenvalue weighted by atomic mass is 9.94. The summed E-state index contributed by atoms with van der Waals surface area (Å²) in [5.74, 6) is 0.0694. The first-order chi connectivity index (χ1) is 15.2. The van der Waals surface area contributed by atoms with Crippen LogP contribution in [0.15, 0.2) is 12.2 Å². The molecule has 0 aliphatic rings. The van der Waals surface area contributed by atoms with E-state index in [0.717, 1.165) is 19.3 Å². The second-order valence-electron chi connectivity index (χ2n) is 8.63. The van der Waals surface area contributed by atoms with Gasteiger partial charge in [-0.25, -0.2) is 0 Å². The van der Waals surface area contributed by atoms with Gasteiger partial charge in [-0.15, -0.1) is 0 Å². The molecule has 0 aromatic carbocycles. The summed E-state index contributed by atoms with van der Waals surface area (Å²) in [7, 11) is 3.25. The summed E-state index contributed by atoms with van der Waals surface area (Å²) < 4.78 is 21.7. The Labute approximate surface area is 192 Å². The largest absolute Gasteiger partial charge is 0.393 e. The molecule has 31 heavy (non-hydrogen) atoms. The summed E-state index contributed by atoms with van der Waals surface area (Å²) >= 11 is 0. The van der Waals surface area contributed by atoms with Crippen molar-refractivity contribution < 1.29 is 24.1 Å². The molecule has 0 unspecified atom stereocenters.